The van der Waals surface area contributed by atoms with Crippen molar-refractivity contribution >= 4 is 34.2 Å². The number of likely N-dealkylation sites (tertiary alicyclic amines) is 1. The van der Waals surface area contributed by atoms with Crippen molar-refractivity contribution in [2.24, 2.45) is 0 Å². The van der Waals surface area contributed by atoms with Crippen LogP contribution in [0.25, 0.3) is 10.9 Å². The predicted octanol–water partition coefficient (Wildman–Crippen LogP) is 3.73. The monoisotopic (exact) mass is 420 g/mol. The summed E-state index contributed by atoms with van der Waals surface area (Å²) in [5, 5.41) is 17.1. The molecule has 8 heteroatoms. The minimum Gasteiger partial charge on any atom is -0.486 e. The molecule has 0 radical (unpaired) electrons. The number of halogens is 1. The van der Waals surface area contributed by atoms with E-state index in [4.69, 9.17) is 21.6 Å². The molecule has 2 aliphatic rings. The fraction of sp³-hybridized carbons (Fsp3) is 0.273. The Bertz CT molecular complexity index is 1230. The number of benzene rings is 2. The van der Waals surface area contributed by atoms with Gasteiger partial charge in [0.15, 0.2) is 5.78 Å². The van der Waals surface area contributed by atoms with Gasteiger partial charge in [-0.05, 0) is 30.3 Å². The van der Waals surface area contributed by atoms with E-state index >= 15 is 0 Å². The maximum atomic E-state index is 13.0. The topological polar surface area (TPSA) is 99.1 Å². The summed E-state index contributed by atoms with van der Waals surface area (Å²) in [5.41, 5.74) is 1.51. The predicted molar refractivity (Wildman–Crippen MR) is 110 cm³/mol. The van der Waals surface area contributed by atoms with Crippen LogP contribution in [0.1, 0.15) is 45.5 Å². The smallest absolute Gasteiger partial charge is 0.253 e. The maximum Gasteiger partial charge on any atom is 0.253 e. The number of ketones is 1. The number of piperidine rings is 1. The lowest BCUT2D eigenvalue weighted by molar-refractivity contribution is -0.00571. The van der Waals surface area contributed by atoms with Gasteiger partial charge in [0.05, 0.1) is 40.4 Å². The quantitative estimate of drug-likeness (QED) is 0.646. The number of carbonyl (C=O) groups is 2. The molecular formula is C22H17ClN4O3. The Labute approximate surface area is 177 Å². The van der Waals surface area contributed by atoms with Crippen molar-refractivity contribution < 1.29 is 14.3 Å². The lowest BCUT2D eigenvalue weighted by Crippen LogP contribution is -2.52. The molecule has 3 aromatic rings. The molecule has 2 aromatic carbocycles. The first-order chi connectivity index (χ1) is 14.5. The van der Waals surface area contributed by atoms with Crippen molar-refractivity contribution in [1.82, 2.24) is 15.1 Å². The lowest BCUT2D eigenvalue weighted by atomic mass is 9.82. The first-order valence-corrected chi connectivity index (χ1v) is 10.0. The minimum atomic E-state index is -0.610. The highest BCUT2D eigenvalue weighted by molar-refractivity contribution is 6.35. The number of Topliss-reactive ketones (excluding diaryl/α,β-unsaturated/α-hetero) is 1. The van der Waals surface area contributed by atoms with Crippen LogP contribution >= 0.6 is 11.6 Å². The van der Waals surface area contributed by atoms with E-state index in [1.54, 1.807) is 41.4 Å². The van der Waals surface area contributed by atoms with Crippen LogP contribution in [0.4, 0.5) is 0 Å². The van der Waals surface area contributed by atoms with Crippen LogP contribution < -0.4 is 4.74 Å². The van der Waals surface area contributed by atoms with E-state index < -0.39 is 5.60 Å². The first kappa shape index (κ1) is 18.6. The summed E-state index contributed by atoms with van der Waals surface area (Å²) < 4.78 is 6.23. The second-order valence-electron chi connectivity index (χ2n) is 7.79. The van der Waals surface area contributed by atoms with Gasteiger partial charge in [-0.25, -0.2) is 0 Å². The second kappa shape index (κ2) is 6.85. The van der Waals surface area contributed by atoms with Crippen LogP contribution in [0.2, 0.25) is 5.02 Å². The molecule has 1 spiro atoms. The molecule has 30 heavy (non-hydrogen) atoms. The van der Waals surface area contributed by atoms with Crippen molar-refractivity contribution in [3.63, 3.8) is 0 Å². The van der Waals surface area contributed by atoms with Gasteiger partial charge in [-0.1, -0.05) is 11.6 Å². The van der Waals surface area contributed by atoms with Gasteiger partial charge in [0.2, 0.25) is 0 Å². The summed E-state index contributed by atoms with van der Waals surface area (Å²) in [6.07, 6.45) is 3.01. The van der Waals surface area contributed by atoms with Gasteiger partial charge in [-0.15, -0.1) is 0 Å². The van der Waals surface area contributed by atoms with Gasteiger partial charge < -0.3 is 9.64 Å². The molecule has 150 valence electrons. The highest BCUT2D eigenvalue weighted by atomic mass is 35.5. The second-order valence-corrected chi connectivity index (χ2v) is 8.20. The molecule has 0 atom stereocenters. The van der Waals surface area contributed by atoms with Crippen LogP contribution in [0, 0.1) is 11.3 Å². The summed E-state index contributed by atoms with van der Waals surface area (Å²) in [6, 6.07) is 10.4. The van der Waals surface area contributed by atoms with E-state index in [0.29, 0.717) is 58.9 Å². The molecule has 1 amide bonds. The summed E-state index contributed by atoms with van der Waals surface area (Å²) >= 11 is 6.27. The third kappa shape index (κ3) is 3.01. The zero-order valence-corrected chi connectivity index (χ0v) is 16.7. The average molecular weight is 421 g/mol. The SMILES string of the molecule is N#Cc1ccc2c(c1)C(=O)CC1(CCN(C(=O)c3cc(Cl)c4[nH]ncc4c3)CC1)O2. The normalized spacial score (nSPS) is 17.5. The molecule has 1 aromatic heterocycles. The fourth-order valence-electron chi connectivity index (χ4n) is 4.28. The van der Waals surface area contributed by atoms with E-state index in [1.165, 1.54) is 0 Å². The van der Waals surface area contributed by atoms with E-state index in [9.17, 15) is 9.59 Å². The Morgan fingerprint density at radius 2 is 2.07 bits per heavy atom. The molecule has 3 heterocycles. The van der Waals surface area contributed by atoms with Crippen molar-refractivity contribution in [2.75, 3.05) is 13.1 Å². The molecule has 2 aliphatic heterocycles. The van der Waals surface area contributed by atoms with Crippen molar-refractivity contribution in [2.45, 2.75) is 24.9 Å². The molecule has 7 nitrogen and oxygen atoms in total. The number of nitriles is 1. The van der Waals surface area contributed by atoms with Gasteiger partial charge in [-0.2, -0.15) is 10.4 Å². The summed E-state index contributed by atoms with van der Waals surface area (Å²) in [5.74, 6) is 0.392. The number of hydrogen-bond donors (Lipinski definition) is 1. The van der Waals surface area contributed by atoms with E-state index in [-0.39, 0.29) is 18.1 Å². The average Bonchev–Trinajstić information content (AvgIpc) is 3.23. The third-order valence-corrected chi connectivity index (χ3v) is 6.23. The zero-order chi connectivity index (χ0) is 20.9. The number of fused-ring (bicyclic) bond motifs is 2. The number of aromatic amines is 1. The number of aromatic nitrogens is 2. The minimum absolute atomic E-state index is 0.0229. The number of H-pyrrole nitrogens is 1. The third-order valence-electron chi connectivity index (χ3n) is 5.93. The summed E-state index contributed by atoms with van der Waals surface area (Å²) in [7, 11) is 0. The van der Waals surface area contributed by atoms with Gasteiger partial charge in [0.25, 0.3) is 5.91 Å². The van der Waals surface area contributed by atoms with Crippen LogP contribution in [-0.2, 0) is 0 Å². The van der Waals surface area contributed by atoms with Gasteiger partial charge in [0, 0.05) is 36.9 Å². The highest BCUT2D eigenvalue weighted by Gasteiger charge is 2.43. The molecule has 1 saturated heterocycles. The van der Waals surface area contributed by atoms with E-state index in [1.807, 2.05) is 6.07 Å². The fourth-order valence-corrected chi connectivity index (χ4v) is 4.55. The Balaban J connectivity index is 1.34. The molecule has 5 rings (SSSR count). The number of rotatable bonds is 1. The molecular weight excluding hydrogens is 404 g/mol. The van der Waals surface area contributed by atoms with Gasteiger partial charge in [-0.3, -0.25) is 14.7 Å². The van der Waals surface area contributed by atoms with Crippen LogP contribution in [-0.4, -0.2) is 45.5 Å². The van der Waals surface area contributed by atoms with E-state index in [0.717, 1.165) is 5.39 Å². The number of ether oxygens (including phenoxy) is 1. The summed E-state index contributed by atoms with van der Waals surface area (Å²) in [4.78, 5) is 27.5. The number of amides is 1. The molecule has 0 unspecified atom stereocenters. The molecule has 0 bridgehead atoms. The number of nitrogens with zero attached hydrogens (tertiary/aromatic N) is 3. The maximum absolute atomic E-state index is 13.0. The zero-order valence-electron chi connectivity index (χ0n) is 15.9. The highest BCUT2D eigenvalue weighted by Crippen LogP contribution is 2.40. The van der Waals surface area contributed by atoms with Crippen molar-refractivity contribution in [3.05, 3.63) is 58.2 Å². The number of carbonyl (C=O) groups excluding carboxylic acids is 2. The number of nitrogens with one attached hydrogen (secondary N) is 1. The van der Waals surface area contributed by atoms with Gasteiger partial charge in [0.1, 0.15) is 11.4 Å². The molecule has 1 N–H and O–H groups in total. The Morgan fingerprint density at radius 3 is 2.83 bits per heavy atom. The lowest BCUT2D eigenvalue weighted by Gasteiger charge is -2.44. The van der Waals surface area contributed by atoms with Gasteiger partial charge >= 0.3 is 0 Å². The number of hydrogen-bond acceptors (Lipinski definition) is 5. The van der Waals surface area contributed by atoms with Crippen molar-refractivity contribution in [1.29, 1.82) is 5.26 Å². The van der Waals surface area contributed by atoms with Crippen molar-refractivity contribution in [3.8, 4) is 11.8 Å². The van der Waals surface area contributed by atoms with Crippen LogP contribution in [0.15, 0.2) is 36.5 Å². The molecule has 0 aliphatic carbocycles. The standard InChI is InChI=1S/C22H17ClN4O3/c23-17-9-14(8-15-12-25-26-20(15)17)21(29)27-5-3-22(4-6-27)10-18(28)16-7-13(11-24)1-2-19(16)30-22/h1-2,7-9,12H,3-6,10H2,(H,25,26). The Hall–Kier alpha value is -3.37. The Morgan fingerprint density at radius 1 is 1.27 bits per heavy atom. The Kier molecular flexibility index (Phi) is 4.26. The summed E-state index contributed by atoms with van der Waals surface area (Å²) in [6.45, 7) is 0.970. The molecule has 0 saturated carbocycles. The largest absolute Gasteiger partial charge is 0.486 e. The van der Waals surface area contributed by atoms with Crippen LogP contribution in [0.3, 0.4) is 0 Å². The van der Waals surface area contributed by atoms with E-state index in [2.05, 4.69) is 10.2 Å². The molecule has 1 fully saturated rings. The van der Waals surface area contributed by atoms with Crippen LogP contribution in [0.5, 0.6) is 5.75 Å². The first-order valence-electron chi connectivity index (χ1n) is 9.66.